The second kappa shape index (κ2) is 7.23. The van der Waals surface area contributed by atoms with Crippen molar-refractivity contribution < 1.29 is 14.3 Å². The summed E-state index contributed by atoms with van der Waals surface area (Å²) in [5.41, 5.74) is 0.948. The number of rotatable bonds is 7. The summed E-state index contributed by atoms with van der Waals surface area (Å²) >= 11 is 1.59. The Kier molecular flexibility index (Phi) is 5.94. The van der Waals surface area contributed by atoms with Gasteiger partial charge in [0, 0.05) is 11.9 Å². The van der Waals surface area contributed by atoms with Crippen LogP contribution in [0.4, 0.5) is 0 Å². The third-order valence-electron chi connectivity index (χ3n) is 2.19. The number of aromatic nitrogens is 1. The number of Topliss-reactive ketones (excluding diaryl/α,β-unsaturated/α-hetero) is 1. The lowest BCUT2D eigenvalue weighted by Crippen LogP contribution is -2.27. The maximum Gasteiger partial charge on any atom is 0.313 e. The van der Waals surface area contributed by atoms with Gasteiger partial charge in [-0.1, -0.05) is 0 Å². The van der Waals surface area contributed by atoms with Gasteiger partial charge in [0.15, 0.2) is 5.78 Å². The van der Waals surface area contributed by atoms with Crippen LogP contribution in [-0.4, -0.2) is 41.8 Å². The Morgan fingerprint density at radius 1 is 1.50 bits per heavy atom. The molecular formula is C12H18N2O3S. The van der Waals surface area contributed by atoms with Gasteiger partial charge in [-0.25, -0.2) is 4.98 Å². The zero-order valence-electron chi connectivity index (χ0n) is 10.9. The van der Waals surface area contributed by atoms with Crippen LogP contribution in [-0.2, 0) is 20.9 Å². The molecule has 0 amide bonds. The Morgan fingerprint density at radius 2 is 2.22 bits per heavy atom. The highest BCUT2D eigenvalue weighted by Gasteiger charge is 2.13. The van der Waals surface area contributed by atoms with E-state index >= 15 is 0 Å². The summed E-state index contributed by atoms with van der Waals surface area (Å²) in [5, 5.41) is 2.98. The average molecular weight is 270 g/mol. The SMILES string of the molecule is CCOC(=O)CC(=O)CN(C)Cc1csc(C)n1. The maximum absolute atomic E-state index is 11.6. The first-order valence-electron chi connectivity index (χ1n) is 5.78. The zero-order chi connectivity index (χ0) is 13.5. The van der Waals surface area contributed by atoms with Gasteiger partial charge in [-0.3, -0.25) is 14.5 Å². The van der Waals surface area contributed by atoms with Crippen LogP contribution in [0.1, 0.15) is 24.0 Å². The number of ketones is 1. The quantitative estimate of drug-likeness (QED) is 0.554. The van der Waals surface area contributed by atoms with Gasteiger partial charge in [-0.05, 0) is 20.9 Å². The molecule has 0 N–H and O–H groups in total. The summed E-state index contributed by atoms with van der Waals surface area (Å²) in [6.07, 6.45) is -0.158. The molecule has 0 bridgehead atoms. The van der Waals surface area contributed by atoms with E-state index in [0.29, 0.717) is 13.2 Å². The van der Waals surface area contributed by atoms with Crippen LogP contribution in [0.2, 0.25) is 0 Å². The van der Waals surface area contributed by atoms with Crippen LogP contribution < -0.4 is 0 Å². The maximum atomic E-state index is 11.6. The van der Waals surface area contributed by atoms with E-state index < -0.39 is 5.97 Å². The Hall–Kier alpha value is -1.27. The van der Waals surface area contributed by atoms with Crippen LogP contribution in [0, 0.1) is 6.92 Å². The largest absolute Gasteiger partial charge is 0.466 e. The molecule has 0 aromatic carbocycles. The Morgan fingerprint density at radius 3 is 2.78 bits per heavy atom. The minimum atomic E-state index is -0.458. The second-order valence-corrected chi connectivity index (χ2v) is 5.11. The fourth-order valence-electron chi connectivity index (χ4n) is 1.54. The molecule has 0 aliphatic rings. The van der Waals surface area contributed by atoms with E-state index in [1.165, 1.54) is 0 Å². The Labute approximate surface area is 111 Å². The topological polar surface area (TPSA) is 59.5 Å². The van der Waals surface area contributed by atoms with E-state index in [9.17, 15) is 9.59 Å². The van der Waals surface area contributed by atoms with Crippen molar-refractivity contribution in [3.05, 3.63) is 16.1 Å². The molecule has 1 heterocycles. The fourth-order valence-corrected chi connectivity index (χ4v) is 2.15. The molecule has 18 heavy (non-hydrogen) atoms. The van der Waals surface area contributed by atoms with Crippen molar-refractivity contribution in [2.24, 2.45) is 0 Å². The Bertz CT molecular complexity index is 417. The Balaban J connectivity index is 2.33. The molecule has 0 atom stereocenters. The molecule has 1 aromatic rings. The summed E-state index contributed by atoms with van der Waals surface area (Å²) in [6.45, 7) is 4.81. The number of hydrogen-bond donors (Lipinski definition) is 0. The van der Waals surface area contributed by atoms with Crippen molar-refractivity contribution >= 4 is 23.1 Å². The number of likely N-dealkylation sites (N-methyl/N-ethyl adjacent to an activating group) is 1. The van der Waals surface area contributed by atoms with E-state index in [4.69, 9.17) is 4.74 Å². The first-order chi connectivity index (χ1) is 8.51. The summed E-state index contributed by atoms with van der Waals surface area (Å²) in [6, 6.07) is 0. The normalized spacial score (nSPS) is 10.7. The number of hydrogen-bond acceptors (Lipinski definition) is 6. The number of ether oxygens (including phenoxy) is 1. The molecule has 0 aliphatic carbocycles. The number of esters is 1. The van der Waals surface area contributed by atoms with Crippen LogP contribution in [0.5, 0.6) is 0 Å². The summed E-state index contributed by atoms with van der Waals surface area (Å²) < 4.78 is 4.73. The van der Waals surface area contributed by atoms with E-state index in [0.717, 1.165) is 10.7 Å². The first-order valence-corrected chi connectivity index (χ1v) is 6.66. The predicted molar refractivity (Wildman–Crippen MR) is 69.4 cm³/mol. The molecule has 0 unspecified atom stereocenters. The number of nitrogens with zero attached hydrogens (tertiary/aromatic N) is 2. The van der Waals surface area contributed by atoms with Gasteiger partial charge in [0.25, 0.3) is 0 Å². The number of carbonyl (C=O) groups is 2. The second-order valence-electron chi connectivity index (χ2n) is 4.05. The van der Waals surface area contributed by atoms with Gasteiger partial charge in [0.1, 0.15) is 6.42 Å². The summed E-state index contributed by atoms with van der Waals surface area (Å²) in [5.74, 6) is -0.594. The van der Waals surface area contributed by atoms with E-state index in [1.54, 1.807) is 18.3 Å². The fraction of sp³-hybridized carbons (Fsp3) is 0.583. The molecule has 1 rings (SSSR count). The third kappa shape index (κ3) is 5.37. The van der Waals surface area contributed by atoms with Crippen molar-refractivity contribution in [2.75, 3.05) is 20.2 Å². The number of aryl methyl sites for hydroxylation is 1. The number of carbonyl (C=O) groups excluding carboxylic acids is 2. The van der Waals surface area contributed by atoms with Crippen molar-refractivity contribution in [1.82, 2.24) is 9.88 Å². The van der Waals surface area contributed by atoms with Crippen molar-refractivity contribution in [3.63, 3.8) is 0 Å². The molecule has 0 spiro atoms. The van der Waals surface area contributed by atoms with Gasteiger partial charge in [0.2, 0.25) is 0 Å². The van der Waals surface area contributed by atoms with Crippen LogP contribution in [0.3, 0.4) is 0 Å². The minimum Gasteiger partial charge on any atom is -0.466 e. The van der Waals surface area contributed by atoms with Gasteiger partial charge in [-0.15, -0.1) is 11.3 Å². The van der Waals surface area contributed by atoms with E-state index in [-0.39, 0.29) is 18.7 Å². The molecule has 100 valence electrons. The lowest BCUT2D eigenvalue weighted by molar-refractivity contribution is -0.145. The molecule has 1 aromatic heterocycles. The first kappa shape index (κ1) is 14.8. The highest BCUT2D eigenvalue weighted by molar-refractivity contribution is 7.09. The molecule has 0 saturated carbocycles. The predicted octanol–water partition coefficient (Wildman–Crippen LogP) is 1.41. The smallest absolute Gasteiger partial charge is 0.313 e. The molecule has 0 saturated heterocycles. The van der Waals surface area contributed by atoms with Crippen LogP contribution >= 0.6 is 11.3 Å². The van der Waals surface area contributed by atoms with Crippen LogP contribution in [0.25, 0.3) is 0 Å². The van der Waals surface area contributed by atoms with Gasteiger partial charge in [-0.2, -0.15) is 0 Å². The molecule has 0 aliphatic heterocycles. The molecule has 0 radical (unpaired) electrons. The molecule has 0 fully saturated rings. The standard InChI is InChI=1S/C12H18N2O3S/c1-4-17-12(16)5-11(15)7-14(3)6-10-8-18-9(2)13-10/h8H,4-7H2,1-3H3. The summed E-state index contributed by atoms with van der Waals surface area (Å²) in [4.78, 5) is 28.9. The van der Waals surface area contributed by atoms with Crippen molar-refractivity contribution in [2.45, 2.75) is 26.8 Å². The van der Waals surface area contributed by atoms with Gasteiger partial charge in [0.05, 0.1) is 23.9 Å². The highest BCUT2D eigenvalue weighted by atomic mass is 32.1. The summed E-state index contributed by atoms with van der Waals surface area (Å²) in [7, 11) is 1.83. The van der Waals surface area contributed by atoms with Crippen molar-refractivity contribution in [3.8, 4) is 0 Å². The van der Waals surface area contributed by atoms with Crippen LogP contribution in [0.15, 0.2) is 5.38 Å². The lowest BCUT2D eigenvalue weighted by atomic mass is 10.2. The zero-order valence-corrected chi connectivity index (χ0v) is 11.7. The number of thiazole rings is 1. The average Bonchev–Trinajstić information content (AvgIpc) is 2.63. The van der Waals surface area contributed by atoms with Crippen molar-refractivity contribution in [1.29, 1.82) is 0 Å². The van der Waals surface area contributed by atoms with Gasteiger partial charge < -0.3 is 4.74 Å². The van der Waals surface area contributed by atoms with Gasteiger partial charge >= 0.3 is 5.97 Å². The minimum absolute atomic E-state index is 0.136. The monoisotopic (exact) mass is 270 g/mol. The third-order valence-corrected chi connectivity index (χ3v) is 3.01. The molecule has 5 nitrogen and oxygen atoms in total. The lowest BCUT2D eigenvalue weighted by Gasteiger charge is -2.13. The van der Waals surface area contributed by atoms with E-state index in [1.807, 2.05) is 24.3 Å². The molecular weight excluding hydrogens is 252 g/mol. The van der Waals surface area contributed by atoms with E-state index in [2.05, 4.69) is 4.98 Å². The molecule has 6 heteroatoms. The highest BCUT2D eigenvalue weighted by Crippen LogP contribution is 2.09.